The summed E-state index contributed by atoms with van der Waals surface area (Å²) in [6.07, 6.45) is 0. The van der Waals surface area contributed by atoms with Gasteiger partial charge in [0.15, 0.2) is 0 Å². The summed E-state index contributed by atoms with van der Waals surface area (Å²) in [5.41, 5.74) is 8.39. The second kappa shape index (κ2) is 4.99. The molecule has 4 heteroatoms. The molecule has 84 valence electrons. The minimum Gasteiger partial charge on any atom is -0.497 e. The van der Waals surface area contributed by atoms with E-state index in [1.807, 2.05) is 29.6 Å². The third kappa shape index (κ3) is 2.29. The Morgan fingerprint density at radius 2 is 2.19 bits per heavy atom. The quantitative estimate of drug-likeness (QED) is 0.940. The van der Waals surface area contributed by atoms with E-state index < -0.39 is 0 Å². The second-order valence-corrected chi connectivity index (χ2v) is 5.06. The molecule has 16 heavy (non-hydrogen) atoms. The minimum absolute atomic E-state index is 0.0912. The molecule has 2 N–H and O–H groups in total. The summed E-state index contributed by atoms with van der Waals surface area (Å²) in [4.78, 5) is 0. The van der Waals surface area contributed by atoms with Gasteiger partial charge in [-0.15, -0.1) is 0 Å². The molecular weight excluding hydrogens is 286 g/mol. The first-order chi connectivity index (χ1) is 7.72. The maximum Gasteiger partial charge on any atom is 0.120 e. The molecule has 0 aliphatic rings. The fourth-order valence-electron chi connectivity index (χ4n) is 1.52. The van der Waals surface area contributed by atoms with Gasteiger partial charge in [0.05, 0.1) is 13.2 Å². The van der Waals surface area contributed by atoms with Gasteiger partial charge in [0.2, 0.25) is 0 Å². The number of methoxy groups -OCH3 is 1. The van der Waals surface area contributed by atoms with E-state index >= 15 is 0 Å². The molecule has 1 unspecified atom stereocenters. The number of hydrogen-bond donors (Lipinski definition) is 1. The first kappa shape index (κ1) is 11.6. The first-order valence-corrected chi connectivity index (χ1v) is 6.57. The van der Waals surface area contributed by atoms with Gasteiger partial charge in [-0.25, -0.2) is 0 Å². The van der Waals surface area contributed by atoms with Crippen molar-refractivity contribution >= 4 is 27.3 Å². The zero-order valence-electron chi connectivity index (χ0n) is 8.81. The summed E-state index contributed by atoms with van der Waals surface area (Å²) in [5.74, 6) is 0.827. The molecular formula is C12H12BrNOS. The molecule has 1 aromatic carbocycles. The number of benzene rings is 1. The van der Waals surface area contributed by atoms with Gasteiger partial charge >= 0.3 is 0 Å². The summed E-state index contributed by atoms with van der Waals surface area (Å²) in [5, 5.41) is 4.11. The second-order valence-electron chi connectivity index (χ2n) is 3.42. The molecule has 0 aliphatic carbocycles. The lowest BCUT2D eigenvalue weighted by molar-refractivity contribution is 0.414. The SMILES string of the molecule is COc1ccc(C(N)c2ccsc2)c(Br)c1. The zero-order valence-corrected chi connectivity index (χ0v) is 11.2. The van der Waals surface area contributed by atoms with E-state index in [0.717, 1.165) is 21.3 Å². The van der Waals surface area contributed by atoms with E-state index in [1.54, 1.807) is 18.4 Å². The normalized spacial score (nSPS) is 12.4. The third-order valence-corrected chi connectivity index (χ3v) is 3.83. The van der Waals surface area contributed by atoms with Crippen molar-refractivity contribution in [2.45, 2.75) is 6.04 Å². The minimum atomic E-state index is -0.0912. The van der Waals surface area contributed by atoms with Crippen molar-refractivity contribution in [3.05, 3.63) is 50.6 Å². The molecule has 2 aromatic rings. The lowest BCUT2D eigenvalue weighted by atomic mass is 10.0. The predicted molar refractivity (Wildman–Crippen MR) is 71.0 cm³/mol. The van der Waals surface area contributed by atoms with Crippen LogP contribution in [0.3, 0.4) is 0 Å². The van der Waals surface area contributed by atoms with Gasteiger partial charge in [0.25, 0.3) is 0 Å². The molecule has 0 spiro atoms. The fraction of sp³-hybridized carbons (Fsp3) is 0.167. The van der Waals surface area contributed by atoms with Crippen LogP contribution in [-0.4, -0.2) is 7.11 Å². The van der Waals surface area contributed by atoms with Crippen LogP contribution in [0.5, 0.6) is 5.75 Å². The van der Waals surface area contributed by atoms with Crippen LogP contribution >= 0.6 is 27.3 Å². The Kier molecular flexibility index (Phi) is 3.63. The number of thiophene rings is 1. The number of hydrogen-bond acceptors (Lipinski definition) is 3. The molecule has 0 saturated heterocycles. The van der Waals surface area contributed by atoms with Crippen molar-refractivity contribution in [1.82, 2.24) is 0 Å². The highest BCUT2D eigenvalue weighted by molar-refractivity contribution is 9.10. The molecule has 0 saturated carbocycles. The van der Waals surface area contributed by atoms with Crippen molar-refractivity contribution in [1.29, 1.82) is 0 Å². The van der Waals surface area contributed by atoms with Crippen molar-refractivity contribution in [3.8, 4) is 5.75 Å². The van der Waals surface area contributed by atoms with Crippen LogP contribution in [0.15, 0.2) is 39.5 Å². The summed E-state index contributed by atoms with van der Waals surface area (Å²) in [7, 11) is 1.65. The van der Waals surface area contributed by atoms with Crippen LogP contribution in [0, 0.1) is 0 Å². The summed E-state index contributed by atoms with van der Waals surface area (Å²) < 4.78 is 6.13. The molecule has 0 amide bonds. The standard InChI is InChI=1S/C12H12BrNOS/c1-15-9-2-3-10(11(13)6-9)12(14)8-4-5-16-7-8/h2-7,12H,14H2,1H3. The van der Waals surface area contributed by atoms with E-state index in [2.05, 4.69) is 21.3 Å². The van der Waals surface area contributed by atoms with E-state index in [9.17, 15) is 0 Å². The lowest BCUT2D eigenvalue weighted by Crippen LogP contribution is -2.11. The van der Waals surface area contributed by atoms with E-state index in [4.69, 9.17) is 10.5 Å². The summed E-state index contributed by atoms with van der Waals surface area (Å²) in [6.45, 7) is 0. The Bertz CT molecular complexity index is 470. The summed E-state index contributed by atoms with van der Waals surface area (Å²) >= 11 is 5.17. The molecule has 1 atom stereocenters. The lowest BCUT2D eigenvalue weighted by Gasteiger charge is -2.13. The predicted octanol–water partition coefficient (Wildman–Crippen LogP) is 3.57. The number of nitrogens with two attached hydrogens (primary N) is 1. The van der Waals surface area contributed by atoms with Crippen LogP contribution in [-0.2, 0) is 0 Å². The van der Waals surface area contributed by atoms with Gasteiger partial charge < -0.3 is 10.5 Å². The van der Waals surface area contributed by atoms with E-state index in [-0.39, 0.29) is 6.04 Å². The zero-order chi connectivity index (χ0) is 11.5. The van der Waals surface area contributed by atoms with Gasteiger partial charge in [-0.1, -0.05) is 22.0 Å². The fourth-order valence-corrected chi connectivity index (χ4v) is 2.82. The van der Waals surface area contributed by atoms with E-state index in [0.29, 0.717) is 0 Å². The van der Waals surface area contributed by atoms with Crippen LogP contribution in [0.2, 0.25) is 0 Å². The van der Waals surface area contributed by atoms with Crippen molar-refractivity contribution < 1.29 is 4.74 Å². The molecule has 2 nitrogen and oxygen atoms in total. The first-order valence-electron chi connectivity index (χ1n) is 4.83. The third-order valence-electron chi connectivity index (χ3n) is 2.44. The molecule has 1 aromatic heterocycles. The molecule has 0 radical (unpaired) electrons. The average molecular weight is 298 g/mol. The Morgan fingerprint density at radius 1 is 1.38 bits per heavy atom. The van der Waals surface area contributed by atoms with Gasteiger partial charge in [-0.05, 0) is 40.1 Å². The highest BCUT2D eigenvalue weighted by Crippen LogP contribution is 2.30. The molecule has 0 bridgehead atoms. The smallest absolute Gasteiger partial charge is 0.120 e. The van der Waals surface area contributed by atoms with Gasteiger partial charge in [-0.3, -0.25) is 0 Å². The average Bonchev–Trinajstić information content (AvgIpc) is 2.81. The Hall–Kier alpha value is -0.840. The number of halogens is 1. The van der Waals surface area contributed by atoms with Crippen molar-refractivity contribution in [2.24, 2.45) is 5.73 Å². The molecule has 0 fully saturated rings. The topological polar surface area (TPSA) is 35.2 Å². The molecule has 1 heterocycles. The van der Waals surface area contributed by atoms with Gasteiger partial charge in [-0.2, -0.15) is 11.3 Å². The van der Waals surface area contributed by atoms with Gasteiger partial charge in [0, 0.05) is 4.47 Å². The van der Waals surface area contributed by atoms with Crippen molar-refractivity contribution in [3.63, 3.8) is 0 Å². The van der Waals surface area contributed by atoms with Crippen LogP contribution < -0.4 is 10.5 Å². The molecule has 2 rings (SSSR count). The maximum absolute atomic E-state index is 6.19. The van der Waals surface area contributed by atoms with Gasteiger partial charge in [0.1, 0.15) is 5.75 Å². The van der Waals surface area contributed by atoms with E-state index in [1.165, 1.54) is 0 Å². The highest BCUT2D eigenvalue weighted by atomic mass is 79.9. The molecule has 0 aliphatic heterocycles. The number of ether oxygens (including phenoxy) is 1. The Morgan fingerprint density at radius 3 is 2.75 bits per heavy atom. The Balaban J connectivity index is 2.34. The monoisotopic (exact) mass is 297 g/mol. The largest absolute Gasteiger partial charge is 0.497 e. The number of rotatable bonds is 3. The van der Waals surface area contributed by atoms with Crippen LogP contribution in [0.1, 0.15) is 17.2 Å². The highest BCUT2D eigenvalue weighted by Gasteiger charge is 2.12. The summed E-state index contributed by atoms with van der Waals surface area (Å²) in [6, 6.07) is 7.80. The van der Waals surface area contributed by atoms with Crippen LogP contribution in [0.25, 0.3) is 0 Å². The van der Waals surface area contributed by atoms with Crippen molar-refractivity contribution in [2.75, 3.05) is 7.11 Å². The van der Waals surface area contributed by atoms with Crippen LogP contribution in [0.4, 0.5) is 0 Å². The maximum atomic E-state index is 6.19. The Labute approximate surface area is 107 Å².